The number of methoxy groups -OCH3 is 1. The van der Waals surface area contributed by atoms with E-state index in [1.54, 1.807) is 7.11 Å². The second-order valence-electron chi connectivity index (χ2n) is 4.76. The van der Waals surface area contributed by atoms with Crippen LogP contribution in [0.2, 0.25) is 0 Å². The monoisotopic (exact) mass is 427 g/mol. The molecule has 0 radical (unpaired) electrons. The van der Waals surface area contributed by atoms with Crippen molar-refractivity contribution in [2.75, 3.05) is 25.6 Å². The molecule has 0 aliphatic carbocycles. The number of guanidine groups is 1. The average Bonchev–Trinajstić information content (AvgIpc) is 2.52. The Balaban J connectivity index is 0.00000264. The van der Waals surface area contributed by atoms with E-state index in [9.17, 15) is 0 Å². The third-order valence-electron chi connectivity index (χ3n) is 3.00. The van der Waals surface area contributed by atoms with Gasteiger partial charge in [-0.3, -0.25) is 0 Å². The molecule has 2 aromatic carbocycles. The van der Waals surface area contributed by atoms with Crippen molar-refractivity contribution in [3.05, 3.63) is 54.1 Å². The summed E-state index contributed by atoms with van der Waals surface area (Å²) in [7, 11) is 1.61. The maximum absolute atomic E-state index is 5.86. The molecule has 2 aromatic rings. The van der Waals surface area contributed by atoms with Crippen molar-refractivity contribution < 1.29 is 9.47 Å². The number of ether oxygens (including phenoxy) is 2. The molecule has 0 saturated heterocycles. The predicted molar refractivity (Wildman–Crippen MR) is 105 cm³/mol. The maximum atomic E-state index is 5.86. The number of hydrogen-bond acceptors (Lipinski definition) is 3. The highest BCUT2D eigenvalue weighted by Crippen LogP contribution is 2.22. The molecule has 2 rings (SSSR count). The number of anilines is 1. The van der Waals surface area contributed by atoms with E-state index >= 15 is 0 Å². The van der Waals surface area contributed by atoms with Crippen LogP contribution < -0.4 is 20.5 Å². The molecule has 0 saturated carbocycles. The quantitative estimate of drug-likeness (QED) is 0.321. The molecule has 5 nitrogen and oxygen atoms in total. The Morgan fingerprint density at radius 3 is 2.70 bits per heavy atom. The highest BCUT2D eigenvalue weighted by Gasteiger charge is 2.02. The van der Waals surface area contributed by atoms with Crippen molar-refractivity contribution in [1.82, 2.24) is 0 Å². The van der Waals surface area contributed by atoms with Crippen LogP contribution in [0, 0.1) is 6.92 Å². The zero-order valence-corrected chi connectivity index (χ0v) is 15.6. The molecular formula is C17H22IN3O2. The summed E-state index contributed by atoms with van der Waals surface area (Å²) in [6.07, 6.45) is 0. The van der Waals surface area contributed by atoms with E-state index in [0.29, 0.717) is 19.1 Å². The molecular weight excluding hydrogens is 405 g/mol. The molecule has 0 fully saturated rings. The Kier molecular flexibility index (Phi) is 8.25. The van der Waals surface area contributed by atoms with E-state index in [4.69, 9.17) is 15.2 Å². The van der Waals surface area contributed by atoms with Crippen LogP contribution in [-0.2, 0) is 0 Å². The Labute approximate surface area is 153 Å². The summed E-state index contributed by atoms with van der Waals surface area (Å²) < 4.78 is 10.9. The molecule has 0 aliphatic rings. The molecule has 0 aliphatic heterocycles. The van der Waals surface area contributed by atoms with E-state index in [2.05, 4.69) is 10.3 Å². The highest BCUT2D eigenvalue weighted by atomic mass is 127. The molecule has 124 valence electrons. The van der Waals surface area contributed by atoms with Crippen molar-refractivity contribution in [3.8, 4) is 11.5 Å². The van der Waals surface area contributed by atoms with E-state index in [1.807, 2.05) is 55.5 Å². The first-order chi connectivity index (χ1) is 10.7. The average molecular weight is 427 g/mol. The largest absolute Gasteiger partial charge is 0.495 e. The first kappa shape index (κ1) is 19.1. The van der Waals surface area contributed by atoms with Gasteiger partial charge in [-0.2, -0.15) is 0 Å². The van der Waals surface area contributed by atoms with Crippen molar-refractivity contribution >= 4 is 35.6 Å². The van der Waals surface area contributed by atoms with Crippen LogP contribution in [0.3, 0.4) is 0 Å². The minimum absolute atomic E-state index is 0. The van der Waals surface area contributed by atoms with Crippen LogP contribution in [0.15, 0.2) is 53.5 Å². The highest BCUT2D eigenvalue weighted by molar-refractivity contribution is 14.0. The van der Waals surface area contributed by atoms with Gasteiger partial charge < -0.3 is 20.5 Å². The summed E-state index contributed by atoms with van der Waals surface area (Å²) in [6.45, 7) is 2.97. The molecule has 6 heteroatoms. The van der Waals surface area contributed by atoms with Gasteiger partial charge in [0.2, 0.25) is 0 Å². The van der Waals surface area contributed by atoms with Gasteiger partial charge in [0.1, 0.15) is 18.1 Å². The summed E-state index contributed by atoms with van der Waals surface area (Å²) in [4.78, 5) is 4.24. The first-order valence-corrected chi connectivity index (χ1v) is 7.08. The van der Waals surface area contributed by atoms with E-state index in [1.165, 1.54) is 5.56 Å². The third-order valence-corrected chi connectivity index (χ3v) is 3.00. The lowest BCUT2D eigenvalue weighted by Gasteiger charge is -2.10. The second kappa shape index (κ2) is 9.94. The minimum atomic E-state index is 0. The summed E-state index contributed by atoms with van der Waals surface area (Å²) in [5.74, 6) is 1.89. The van der Waals surface area contributed by atoms with Gasteiger partial charge in [0.25, 0.3) is 0 Å². The van der Waals surface area contributed by atoms with Gasteiger partial charge in [0.05, 0.1) is 19.3 Å². The molecule has 0 aromatic heterocycles. The Bertz CT molecular complexity index is 647. The van der Waals surface area contributed by atoms with Crippen molar-refractivity contribution in [1.29, 1.82) is 0 Å². The van der Waals surface area contributed by atoms with Gasteiger partial charge >= 0.3 is 0 Å². The first-order valence-electron chi connectivity index (χ1n) is 7.08. The fourth-order valence-electron chi connectivity index (χ4n) is 1.96. The number of para-hydroxylation sites is 2. The number of aliphatic imine (C=N–C) groups is 1. The van der Waals surface area contributed by atoms with Crippen LogP contribution >= 0.6 is 24.0 Å². The number of aryl methyl sites for hydroxylation is 1. The minimum Gasteiger partial charge on any atom is -0.495 e. The number of benzene rings is 2. The molecule has 0 amide bonds. The normalized spacial score (nSPS) is 10.6. The number of nitrogens with zero attached hydrogens (tertiary/aromatic N) is 1. The zero-order valence-electron chi connectivity index (χ0n) is 13.3. The van der Waals surface area contributed by atoms with Gasteiger partial charge in [0.15, 0.2) is 5.96 Å². The SMILES string of the molecule is COc1ccccc1NC(N)=NCCOc1cccc(C)c1.I. The number of nitrogens with one attached hydrogen (secondary N) is 1. The van der Waals surface area contributed by atoms with E-state index < -0.39 is 0 Å². The molecule has 0 bridgehead atoms. The smallest absolute Gasteiger partial charge is 0.193 e. The summed E-state index contributed by atoms with van der Waals surface area (Å²) >= 11 is 0. The molecule has 23 heavy (non-hydrogen) atoms. The Morgan fingerprint density at radius 1 is 1.17 bits per heavy atom. The van der Waals surface area contributed by atoms with Gasteiger partial charge in [0, 0.05) is 0 Å². The van der Waals surface area contributed by atoms with E-state index in [-0.39, 0.29) is 24.0 Å². The fraction of sp³-hybridized carbons (Fsp3) is 0.235. The Hall–Kier alpha value is -1.96. The predicted octanol–water partition coefficient (Wildman–Crippen LogP) is 3.43. The van der Waals surface area contributed by atoms with Crippen LogP contribution in [0.5, 0.6) is 11.5 Å². The maximum Gasteiger partial charge on any atom is 0.193 e. The fourth-order valence-corrected chi connectivity index (χ4v) is 1.96. The third kappa shape index (κ3) is 6.35. The van der Waals surface area contributed by atoms with Crippen LogP contribution in [0.25, 0.3) is 0 Å². The molecule has 0 heterocycles. The van der Waals surface area contributed by atoms with Gasteiger partial charge in [-0.1, -0.05) is 24.3 Å². The lowest BCUT2D eigenvalue weighted by molar-refractivity contribution is 0.328. The number of nitrogens with two attached hydrogens (primary N) is 1. The van der Waals surface area contributed by atoms with Crippen molar-refractivity contribution in [2.24, 2.45) is 10.7 Å². The lowest BCUT2D eigenvalue weighted by atomic mass is 10.2. The van der Waals surface area contributed by atoms with Crippen molar-refractivity contribution in [3.63, 3.8) is 0 Å². The summed E-state index contributed by atoms with van der Waals surface area (Å²) in [6, 6.07) is 15.4. The topological polar surface area (TPSA) is 68.9 Å². The Morgan fingerprint density at radius 2 is 1.96 bits per heavy atom. The van der Waals surface area contributed by atoms with Crippen molar-refractivity contribution in [2.45, 2.75) is 6.92 Å². The summed E-state index contributed by atoms with van der Waals surface area (Å²) in [5, 5.41) is 3.02. The zero-order chi connectivity index (χ0) is 15.8. The van der Waals surface area contributed by atoms with Crippen LogP contribution in [0.4, 0.5) is 5.69 Å². The number of halogens is 1. The van der Waals surface area contributed by atoms with Crippen LogP contribution in [0.1, 0.15) is 5.56 Å². The molecule has 0 spiro atoms. The molecule has 3 N–H and O–H groups in total. The number of hydrogen-bond donors (Lipinski definition) is 2. The summed E-state index contributed by atoms with van der Waals surface area (Å²) in [5.41, 5.74) is 7.81. The molecule has 0 atom stereocenters. The standard InChI is InChI=1S/C17H21N3O2.HI/c1-13-6-5-7-14(12-13)22-11-10-19-17(18)20-15-8-3-4-9-16(15)21-2;/h3-9,12H,10-11H2,1-2H3,(H3,18,19,20);1H. The van der Waals surface area contributed by atoms with Gasteiger partial charge in [-0.25, -0.2) is 4.99 Å². The van der Waals surface area contributed by atoms with E-state index in [0.717, 1.165) is 17.2 Å². The van der Waals surface area contributed by atoms with Gasteiger partial charge in [-0.15, -0.1) is 24.0 Å². The second-order valence-corrected chi connectivity index (χ2v) is 4.76. The van der Waals surface area contributed by atoms with Crippen LogP contribution in [-0.4, -0.2) is 26.2 Å². The van der Waals surface area contributed by atoms with Gasteiger partial charge in [-0.05, 0) is 36.8 Å². The number of rotatable bonds is 6. The lowest BCUT2D eigenvalue weighted by Crippen LogP contribution is -2.23. The molecule has 0 unspecified atom stereocenters.